The molecule has 0 amide bonds. The largest absolute Gasteiger partial charge is 0.0622 e. The standard InChI is InChI=1S/C50H32/c1-2-14-34(15-3-1)47-31-36-28-29-38(32-48(36)42-22-7-6-21-41(42)47)50-45-25-10-8-23-43(45)49(44-24-9-11-26-46(44)50)37-19-12-18-35(30-37)40-27-13-17-33-16-4-5-20-39(33)40/h1-32H. The van der Waals surface area contributed by atoms with Crippen molar-refractivity contribution in [1.82, 2.24) is 0 Å². The zero-order chi connectivity index (χ0) is 33.0. The van der Waals surface area contributed by atoms with Gasteiger partial charge in [0.1, 0.15) is 0 Å². The average molecular weight is 633 g/mol. The van der Waals surface area contributed by atoms with E-state index in [0.29, 0.717) is 0 Å². The van der Waals surface area contributed by atoms with E-state index in [9.17, 15) is 0 Å². The monoisotopic (exact) mass is 632 g/mol. The molecule has 0 spiro atoms. The molecule has 10 aromatic carbocycles. The molecule has 0 aliphatic carbocycles. The van der Waals surface area contributed by atoms with E-state index < -0.39 is 0 Å². The third kappa shape index (κ3) is 4.54. The predicted molar refractivity (Wildman–Crippen MR) is 216 cm³/mol. The number of fused-ring (bicyclic) bond motifs is 6. The SMILES string of the molecule is c1ccc(-c2cc3ccc(-c4c5ccccc5c(-c5cccc(-c6cccc7ccccc67)c5)c5ccccc45)cc3c3ccccc23)cc1. The van der Waals surface area contributed by atoms with Gasteiger partial charge >= 0.3 is 0 Å². The van der Waals surface area contributed by atoms with Crippen LogP contribution in [0, 0.1) is 0 Å². The second-order valence-electron chi connectivity index (χ2n) is 13.2. The molecule has 0 saturated heterocycles. The highest BCUT2D eigenvalue weighted by Crippen LogP contribution is 2.46. The molecule has 0 nitrogen and oxygen atoms in total. The molecule has 0 atom stereocenters. The molecular formula is C50H32. The lowest BCUT2D eigenvalue weighted by atomic mass is 9.84. The summed E-state index contributed by atoms with van der Waals surface area (Å²) in [7, 11) is 0. The van der Waals surface area contributed by atoms with E-state index in [0.717, 1.165) is 0 Å². The predicted octanol–water partition coefficient (Wildman–Crippen LogP) is 14.1. The summed E-state index contributed by atoms with van der Waals surface area (Å²) in [5.74, 6) is 0. The molecule has 0 N–H and O–H groups in total. The van der Waals surface area contributed by atoms with Crippen LogP contribution in [0.2, 0.25) is 0 Å². The highest BCUT2D eigenvalue weighted by atomic mass is 14.2. The molecule has 0 radical (unpaired) electrons. The normalized spacial score (nSPS) is 11.6. The van der Waals surface area contributed by atoms with Gasteiger partial charge in [-0.3, -0.25) is 0 Å². The van der Waals surface area contributed by atoms with Gasteiger partial charge in [0, 0.05) is 0 Å². The van der Waals surface area contributed by atoms with Crippen molar-refractivity contribution in [3.63, 3.8) is 0 Å². The molecule has 0 unspecified atom stereocenters. The fourth-order valence-electron chi connectivity index (χ4n) is 8.18. The Bertz CT molecular complexity index is 2850. The Morgan fingerprint density at radius 1 is 0.200 bits per heavy atom. The Morgan fingerprint density at radius 3 is 1.40 bits per heavy atom. The van der Waals surface area contributed by atoms with Crippen molar-refractivity contribution in [2.24, 2.45) is 0 Å². The zero-order valence-corrected chi connectivity index (χ0v) is 27.5. The molecule has 0 fully saturated rings. The van der Waals surface area contributed by atoms with Gasteiger partial charge in [0.25, 0.3) is 0 Å². The van der Waals surface area contributed by atoms with Crippen molar-refractivity contribution in [2.75, 3.05) is 0 Å². The van der Waals surface area contributed by atoms with Crippen LogP contribution in [-0.4, -0.2) is 0 Å². The van der Waals surface area contributed by atoms with Crippen LogP contribution in [-0.2, 0) is 0 Å². The van der Waals surface area contributed by atoms with Crippen LogP contribution < -0.4 is 0 Å². The maximum atomic E-state index is 2.42. The van der Waals surface area contributed by atoms with Gasteiger partial charge in [0.2, 0.25) is 0 Å². The van der Waals surface area contributed by atoms with Crippen LogP contribution in [0.1, 0.15) is 0 Å². The Morgan fingerprint density at radius 2 is 0.700 bits per heavy atom. The number of hydrogen-bond acceptors (Lipinski definition) is 0. The Balaban J connectivity index is 1.22. The highest BCUT2D eigenvalue weighted by molar-refractivity contribution is 6.23. The average Bonchev–Trinajstić information content (AvgIpc) is 3.19. The molecule has 0 aromatic heterocycles. The third-order valence-corrected chi connectivity index (χ3v) is 10.4. The lowest BCUT2D eigenvalue weighted by molar-refractivity contribution is 1.63. The molecule has 0 aliphatic heterocycles. The first-order chi connectivity index (χ1) is 24.8. The minimum Gasteiger partial charge on any atom is -0.0622 e. The Labute approximate surface area is 291 Å². The van der Waals surface area contributed by atoms with Crippen LogP contribution in [0.3, 0.4) is 0 Å². The van der Waals surface area contributed by atoms with Crippen LogP contribution in [0.25, 0.3) is 98.4 Å². The van der Waals surface area contributed by atoms with Gasteiger partial charge < -0.3 is 0 Å². The summed E-state index contributed by atoms with van der Waals surface area (Å²) in [5, 5.41) is 12.7. The quantitative estimate of drug-likeness (QED) is 0.134. The summed E-state index contributed by atoms with van der Waals surface area (Å²) in [5.41, 5.74) is 10.0. The molecule has 0 heteroatoms. The number of hydrogen-bond donors (Lipinski definition) is 0. The molecule has 10 rings (SSSR count). The van der Waals surface area contributed by atoms with Crippen LogP contribution in [0.15, 0.2) is 194 Å². The fraction of sp³-hybridized carbons (Fsp3) is 0. The summed E-state index contributed by atoms with van der Waals surface area (Å²) in [4.78, 5) is 0. The summed E-state index contributed by atoms with van der Waals surface area (Å²) in [6, 6.07) is 71.3. The second-order valence-corrected chi connectivity index (χ2v) is 13.2. The summed E-state index contributed by atoms with van der Waals surface area (Å²) >= 11 is 0. The Kier molecular flexibility index (Phi) is 6.60. The third-order valence-electron chi connectivity index (χ3n) is 10.4. The van der Waals surface area contributed by atoms with Gasteiger partial charge in [0.15, 0.2) is 0 Å². The smallest absolute Gasteiger partial charge is 0.00261 e. The first-order valence-corrected chi connectivity index (χ1v) is 17.4. The first kappa shape index (κ1) is 28.5. The van der Waals surface area contributed by atoms with Crippen molar-refractivity contribution in [3.8, 4) is 44.5 Å². The Hall–Kier alpha value is -6.50. The number of benzene rings is 10. The molecule has 10 aromatic rings. The van der Waals surface area contributed by atoms with Crippen molar-refractivity contribution in [1.29, 1.82) is 0 Å². The van der Waals surface area contributed by atoms with E-state index >= 15 is 0 Å². The molecule has 0 aliphatic rings. The zero-order valence-electron chi connectivity index (χ0n) is 27.5. The highest BCUT2D eigenvalue weighted by Gasteiger charge is 2.18. The number of rotatable bonds is 4. The topological polar surface area (TPSA) is 0 Å². The van der Waals surface area contributed by atoms with E-state index in [4.69, 9.17) is 0 Å². The van der Waals surface area contributed by atoms with Gasteiger partial charge in [-0.15, -0.1) is 0 Å². The minimum atomic E-state index is 1.23. The first-order valence-electron chi connectivity index (χ1n) is 17.4. The molecule has 232 valence electrons. The maximum absolute atomic E-state index is 2.42. The van der Waals surface area contributed by atoms with Gasteiger partial charge in [-0.1, -0.05) is 176 Å². The second kappa shape index (κ2) is 11.6. The van der Waals surface area contributed by atoms with Gasteiger partial charge in [0.05, 0.1) is 0 Å². The van der Waals surface area contributed by atoms with Crippen LogP contribution in [0.4, 0.5) is 0 Å². The van der Waals surface area contributed by atoms with E-state index in [1.807, 2.05) is 0 Å². The maximum Gasteiger partial charge on any atom is -0.00261 e. The van der Waals surface area contributed by atoms with Gasteiger partial charge in [-0.25, -0.2) is 0 Å². The molecule has 0 bridgehead atoms. The van der Waals surface area contributed by atoms with Crippen molar-refractivity contribution >= 4 is 53.9 Å². The van der Waals surface area contributed by atoms with E-state index in [1.165, 1.54) is 98.4 Å². The van der Waals surface area contributed by atoms with Crippen molar-refractivity contribution in [3.05, 3.63) is 194 Å². The lowest BCUT2D eigenvalue weighted by Crippen LogP contribution is -1.92. The molecule has 0 saturated carbocycles. The summed E-state index contributed by atoms with van der Waals surface area (Å²) < 4.78 is 0. The summed E-state index contributed by atoms with van der Waals surface area (Å²) in [6.07, 6.45) is 0. The van der Waals surface area contributed by atoms with E-state index in [1.54, 1.807) is 0 Å². The molecular weight excluding hydrogens is 601 g/mol. The van der Waals surface area contributed by atoms with E-state index in [-0.39, 0.29) is 0 Å². The van der Waals surface area contributed by atoms with Gasteiger partial charge in [-0.05, 0) is 117 Å². The molecule has 50 heavy (non-hydrogen) atoms. The minimum absolute atomic E-state index is 1.23. The lowest BCUT2D eigenvalue weighted by Gasteiger charge is -2.19. The van der Waals surface area contributed by atoms with Crippen molar-refractivity contribution < 1.29 is 0 Å². The summed E-state index contributed by atoms with van der Waals surface area (Å²) in [6.45, 7) is 0. The van der Waals surface area contributed by atoms with Crippen LogP contribution >= 0.6 is 0 Å². The van der Waals surface area contributed by atoms with Crippen molar-refractivity contribution in [2.45, 2.75) is 0 Å². The van der Waals surface area contributed by atoms with Crippen LogP contribution in [0.5, 0.6) is 0 Å². The fourth-order valence-corrected chi connectivity index (χ4v) is 8.18. The van der Waals surface area contributed by atoms with Gasteiger partial charge in [-0.2, -0.15) is 0 Å². The van der Waals surface area contributed by atoms with E-state index in [2.05, 4.69) is 194 Å². The molecule has 0 heterocycles.